The maximum absolute atomic E-state index is 8.69. The number of aliphatic hydroxyl groups is 1. The third-order valence-electron chi connectivity index (χ3n) is 3.77. The molecular formula is C20H24Cl3NO4. The van der Waals surface area contributed by atoms with Crippen LogP contribution in [0, 0.1) is 0 Å². The first-order valence-electron chi connectivity index (χ1n) is 8.96. The maximum Gasteiger partial charge on any atom is 0.163 e. The van der Waals surface area contributed by atoms with Gasteiger partial charge in [0.25, 0.3) is 0 Å². The molecule has 0 amide bonds. The van der Waals surface area contributed by atoms with Crippen molar-refractivity contribution in [1.82, 2.24) is 5.32 Å². The Labute approximate surface area is 180 Å². The van der Waals surface area contributed by atoms with Gasteiger partial charge in [0.2, 0.25) is 0 Å². The molecule has 0 saturated heterocycles. The second-order valence-electron chi connectivity index (χ2n) is 5.87. The first-order valence-corrected chi connectivity index (χ1v) is 10.1. The summed E-state index contributed by atoms with van der Waals surface area (Å²) in [5.74, 6) is 1.19. The van der Waals surface area contributed by atoms with E-state index in [1.54, 1.807) is 18.2 Å². The molecule has 5 nitrogen and oxygen atoms in total. The van der Waals surface area contributed by atoms with Crippen LogP contribution in [0.15, 0.2) is 30.3 Å². The van der Waals surface area contributed by atoms with E-state index in [2.05, 4.69) is 5.32 Å². The highest BCUT2D eigenvalue weighted by molar-refractivity contribution is 6.42. The fourth-order valence-corrected chi connectivity index (χ4v) is 2.96. The van der Waals surface area contributed by atoms with E-state index in [-0.39, 0.29) is 6.61 Å². The topological polar surface area (TPSA) is 60.0 Å². The lowest BCUT2D eigenvalue weighted by Gasteiger charge is -2.15. The Hall–Kier alpha value is -1.21. The lowest BCUT2D eigenvalue weighted by atomic mass is 10.2. The van der Waals surface area contributed by atoms with Crippen molar-refractivity contribution in [1.29, 1.82) is 0 Å². The van der Waals surface area contributed by atoms with Crippen LogP contribution < -0.4 is 14.8 Å². The average Bonchev–Trinajstić information content (AvgIpc) is 2.68. The van der Waals surface area contributed by atoms with E-state index < -0.39 is 0 Å². The number of benzene rings is 2. The quantitative estimate of drug-likeness (QED) is 0.460. The molecule has 0 aliphatic rings. The summed E-state index contributed by atoms with van der Waals surface area (Å²) < 4.78 is 16.8. The van der Waals surface area contributed by atoms with Crippen molar-refractivity contribution in [3.63, 3.8) is 0 Å². The van der Waals surface area contributed by atoms with Gasteiger partial charge in [-0.1, -0.05) is 40.9 Å². The number of ether oxygens (including phenoxy) is 3. The second-order valence-corrected chi connectivity index (χ2v) is 7.09. The van der Waals surface area contributed by atoms with Gasteiger partial charge in [-0.2, -0.15) is 0 Å². The van der Waals surface area contributed by atoms with E-state index in [0.717, 1.165) is 11.1 Å². The lowest BCUT2D eigenvalue weighted by Crippen LogP contribution is -2.20. The van der Waals surface area contributed by atoms with Crippen LogP contribution in [0.3, 0.4) is 0 Å². The molecule has 0 heterocycles. The monoisotopic (exact) mass is 447 g/mol. The molecule has 0 spiro atoms. The first kappa shape index (κ1) is 23.1. The SMILES string of the molecule is CCOc1cc(CNCCOCCO)c(Cl)cc1OCc1ccc(Cl)c(Cl)c1. The molecule has 0 atom stereocenters. The molecule has 0 unspecified atom stereocenters. The van der Waals surface area contributed by atoms with Gasteiger partial charge >= 0.3 is 0 Å². The highest BCUT2D eigenvalue weighted by Crippen LogP contribution is 2.34. The van der Waals surface area contributed by atoms with E-state index in [4.69, 9.17) is 54.1 Å². The highest BCUT2D eigenvalue weighted by atomic mass is 35.5. The summed E-state index contributed by atoms with van der Waals surface area (Å²) in [5.41, 5.74) is 1.79. The van der Waals surface area contributed by atoms with E-state index in [9.17, 15) is 0 Å². The zero-order chi connectivity index (χ0) is 20.4. The Balaban J connectivity index is 2.01. The van der Waals surface area contributed by atoms with Crippen LogP contribution in [-0.2, 0) is 17.9 Å². The second kappa shape index (κ2) is 12.4. The smallest absolute Gasteiger partial charge is 0.163 e. The maximum atomic E-state index is 8.69. The summed E-state index contributed by atoms with van der Waals surface area (Å²) in [4.78, 5) is 0. The van der Waals surface area contributed by atoms with Crippen molar-refractivity contribution >= 4 is 34.8 Å². The van der Waals surface area contributed by atoms with Gasteiger partial charge in [0, 0.05) is 24.2 Å². The number of hydrogen-bond donors (Lipinski definition) is 2. The molecule has 0 saturated carbocycles. The minimum atomic E-state index is 0.0211. The lowest BCUT2D eigenvalue weighted by molar-refractivity contribution is 0.0938. The Bertz CT molecular complexity index is 758. The highest BCUT2D eigenvalue weighted by Gasteiger charge is 2.12. The normalized spacial score (nSPS) is 10.9. The van der Waals surface area contributed by atoms with Crippen molar-refractivity contribution < 1.29 is 19.3 Å². The molecule has 0 aliphatic carbocycles. The van der Waals surface area contributed by atoms with Crippen LogP contribution in [0.25, 0.3) is 0 Å². The molecule has 0 aliphatic heterocycles. The number of nitrogens with one attached hydrogen (secondary N) is 1. The zero-order valence-corrected chi connectivity index (χ0v) is 17.9. The van der Waals surface area contributed by atoms with Crippen molar-refractivity contribution in [2.75, 3.05) is 33.0 Å². The Morgan fingerprint density at radius 1 is 0.929 bits per heavy atom. The number of halogens is 3. The average molecular weight is 449 g/mol. The van der Waals surface area contributed by atoms with Crippen LogP contribution in [0.5, 0.6) is 11.5 Å². The van der Waals surface area contributed by atoms with Crippen LogP contribution >= 0.6 is 34.8 Å². The van der Waals surface area contributed by atoms with Gasteiger partial charge in [0.05, 0.1) is 36.5 Å². The number of rotatable bonds is 12. The molecule has 0 fully saturated rings. The van der Waals surface area contributed by atoms with Gasteiger partial charge in [0.15, 0.2) is 11.5 Å². The van der Waals surface area contributed by atoms with Crippen molar-refractivity contribution in [3.8, 4) is 11.5 Å². The van der Waals surface area contributed by atoms with Gasteiger partial charge in [0.1, 0.15) is 6.61 Å². The molecule has 0 radical (unpaired) electrons. The molecule has 0 aromatic heterocycles. The van der Waals surface area contributed by atoms with Gasteiger partial charge in [-0.05, 0) is 36.2 Å². The predicted molar refractivity (Wildman–Crippen MR) is 113 cm³/mol. The van der Waals surface area contributed by atoms with E-state index >= 15 is 0 Å². The minimum absolute atomic E-state index is 0.0211. The number of aliphatic hydroxyl groups excluding tert-OH is 1. The van der Waals surface area contributed by atoms with Gasteiger partial charge in [-0.25, -0.2) is 0 Å². The Morgan fingerprint density at radius 2 is 1.71 bits per heavy atom. The Morgan fingerprint density at radius 3 is 2.43 bits per heavy atom. The van der Waals surface area contributed by atoms with E-state index in [1.807, 2.05) is 19.1 Å². The molecule has 2 aromatic carbocycles. The third kappa shape index (κ3) is 7.32. The summed E-state index contributed by atoms with van der Waals surface area (Å²) >= 11 is 18.4. The van der Waals surface area contributed by atoms with Gasteiger partial charge in [-0.15, -0.1) is 0 Å². The summed E-state index contributed by atoms with van der Waals surface area (Å²) in [7, 11) is 0. The van der Waals surface area contributed by atoms with Gasteiger partial charge in [-0.3, -0.25) is 0 Å². The van der Waals surface area contributed by atoms with Gasteiger partial charge < -0.3 is 24.6 Å². The molecule has 28 heavy (non-hydrogen) atoms. The fourth-order valence-electron chi connectivity index (χ4n) is 2.42. The molecule has 8 heteroatoms. The van der Waals surface area contributed by atoms with Crippen molar-refractivity contribution in [2.24, 2.45) is 0 Å². The predicted octanol–water partition coefficient (Wildman–Crippen LogP) is 4.72. The summed E-state index contributed by atoms with van der Waals surface area (Å²) in [6, 6.07) is 8.98. The molecule has 2 rings (SSSR count). The summed E-state index contributed by atoms with van der Waals surface area (Å²) in [5, 5.41) is 13.5. The Kier molecular flexibility index (Phi) is 10.2. The van der Waals surface area contributed by atoms with Crippen LogP contribution in [-0.4, -0.2) is 38.1 Å². The standard InChI is InChI=1S/C20H24Cl3NO4/c1-2-27-19-10-15(12-24-5-7-26-8-6-25)17(22)11-20(19)28-13-14-3-4-16(21)18(23)9-14/h3-4,9-11,24-25H,2,5-8,12-13H2,1H3. The fraction of sp³-hybridized carbons (Fsp3) is 0.400. The minimum Gasteiger partial charge on any atom is -0.490 e. The summed E-state index contributed by atoms with van der Waals surface area (Å²) in [6.45, 7) is 4.81. The van der Waals surface area contributed by atoms with Crippen LogP contribution in [0.4, 0.5) is 0 Å². The largest absolute Gasteiger partial charge is 0.490 e. The molecule has 0 bridgehead atoms. The molecular weight excluding hydrogens is 425 g/mol. The van der Waals surface area contributed by atoms with Crippen LogP contribution in [0.1, 0.15) is 18.1 Å². The zero-order valence-electron chi connectivity index (χ0n) is 15.6. The third-order valence-corrected chi connectivity index (χ3v) is 4.86. The van der Waals surface area contributed by atoms with Crippen LogP contribution in [0.2, 0.25) is 15.1 Å². The van der Waals surface area contributed by atoms with Crippen molar-refractivity contribution in [2.45, 2.75) is 20.1 Å². The van der Waals surface area contributed by atoms with E-state index in [0.29, 0.717) is 66.1 Å². The van der Waals surface area contributed by atoms with Crippen molar-refractivity contribution in [3.05, 3.63) is 56.5 Å². The van der Waals surface area contributed by atoms with E-state index in [1.165, 1.54) is 0 Å². The summed E-state index contributed by atoms with van der Waals surface area (Å²) in [6.07, 6.45) is 0. The molecule has 2 aromatic rings. The molecule has 2 N–H and O–H groups in total. The number of hydrogen-bond acceptors (Lipinski definition) is 5. The molecule has 154 valence electrons. The first-order chi connectivity index (χ1) is 13.5.